The SMILES string of the molecule is Nc1n[c]ccn1. The molecule has 0 saturated carbocycles. The Morgan fingerprint density at radius 3 is 2.86 bits per heavy atom. The average Bonchev–Trinajstić information content (AvgIpc) is 1.69. The molecule has 0 saturated heterocycles. The smallest absolute Gasteiger partial charge is 0.220 e. The van der Waals surface area contributed by atoms with Crippen LogP contribution in [0.4, 0.5) is 5.95 Å². The lowest BCUT2D eigenvalue weighted by Crippen LogP contribution is -1.90. The number of aromatic nitrogens is 2. The zero-order valence-corrected chi connectivity index (χ0v) is 3.63. The van der Waals surface area contributed by atoms with E-state index in [0.29, 0.717) is 0 Å². The summed E-state index contributed by atoms with van der Waals surface area (Å²) in [5.41, 5.74) is 5.10. The standard InChI is InChI=1S/C4H4N3/c5-4-6-2-1-3-7-4/h1-2H,(H2,5,6,7). The van der Waals surface area contributed by atoms with Gasteiger partial charge in [-0.25, -0.2) is 9.97 Å². The highest BCUT2D eigenvalue weighted by Gasteiger charge is 1.76. The van der Waals surface area contributed by atoms with Gasteiger partial charge in [0.15, 0.2) is 0 Å². The largest absolute Gasteiger partial charge is 0.368 e. The van der Waals surface area contributed by atoms with Crippen LogP contribution in [0.1, 0.15) is 0 Å². The molecule has 1 heterocycles. The summed E-state index contributed by atoms with van der Waals surface area (Å²) in [6.45, 7) is 0. The van der Waals surface area contributed by atoms with Crippen molar-refractivity contribution in [1.82, 2.24) is 9.97 Å². The van der Waals surface area contributed by atoms with Crippen molar-refractivity contribution in [1.29, 1.82) is 0 Å². The fraction of sp³-hybridized carbons (Fsp3) is 0. The van der Waals surface area contributed by atoms with Crippen LogP contribution in [0, 0.1) is 6.20 Å². The van der Waals surface area contributed by atoms with Crippen LogP contribution in [0.25, 0.3) is 0 Å². The molecule has 0 spiro atoms. The maximum absolute atomic E-state index is 5.10. The first-order valence-corrected chi connectivity index (χ1v) is 1.84. The van der Waals surface area contributed by atoms with Crippen LogP contribution in [-0.2, 0) is 0 Å². The molecule has 0 amide bonds. The van der Waals surface area contributed by atoms with Crippen molar-refractivity contribution in [2.45, 2.75) is 0 Å². The van der Waals surface area contributed by atoms with Gasteiger partial charge in [0.25, 0.3) is 0 Å². The van der Waals surface area contributed by atoms with E-state index in [1.54, 1.807) is 12.3 Å². The van der Waals surface area contributed by atoms with E-state index in [0.717, 1.165) is 0 Å². The lowest BCUT2D eigenvalue weighted by atomic mass is 10.7. The molecule has 0 unspecified atom stereocenters. The van der Waals surface area contributed by atoms with Crippen LogP contribution in [0.3, 0.4) is 0 Å². The first-order chi connectivity index (χ1) is 3.39. The minimum atomic E-state index is 0.266. The van der Waals surface area contributed by atoms with Crippen LogP contribution in [0.15, 0.2) is 12.3 Å². The summed E-state index contributed by atoms with van der Waals surface area (Å²) in [7, 11) is 0. The molecule has 2 N–H and O–H groups in total. The van der Waals surface area contributed by atoms with Crippen molar-refractivity contribution < 1.29 is 0 Å². The molecule has 0 aliphatic rings. The van der Waals surface area contributed by atoms with Gasteiger partial charge in [-0.1, -0.05) is 0 Å². The second-order valence-electron chi connectivity index (χ2n) is 1.04. The van der Waals surface area contributed by atoms with Gasteiger partial charge in [0.1, 0.15) is 0 Å². The number of nitrogens with zero attached hydrogens (tertiary/aromatic N) is 2. The summed E-state index contributed by atoms with van der Waals surface area (Å²) in [4.78, 5) is 7.14. The molecule has 0 aliphatic carbocycles. The molecular weight excluding hydrogens is 90.1 g/mol. The van der Waals surface area contributed by atoms with Crippen molar-refractivity contribution >= 4 is 5.95 Å². The Labute approximate surface area is 41.2 Å². The monoisotopic (exact) mass is 94.0 g/mol. The number of nitrogen functional groups attached to an aromatic ring is 1. The average molecular weight is 94.1 g/mol. The molecule has 0 aromatic carbocycles. The molecule has 1 aromatic rings. The number of hydrogen-bond donors (Lipinski definition) is 1. The topological polar surface area (TPSA) is 51.8 Å². The Balaban J connectivity index is 3.02. The van der Waals surface area contributed by atoms with E-state index in [1.807, 2.05) is 0 Å². The third-order valence-electron chi connectivity index (χ3n) is 0.535. The van der Waals surface area contributed by atoms with E-state index in [-0.39, 0.29) is 5.95 Å². The predicted octanol–water partition coefficient (Wildman–Crippen LogP) is -0.141. The quantitative estimate of drug-likeness (QED) is 0.486. The Kier molecular flexibility index (Phi) is 0.898. The molecule has 1 rings (SSSR count). The second kappa shape index (κ2) is 1.55. The highest BCUT2D eigenvalue weighted by atomic mass is 15.0. The fourth-order valence-electron chi connectivity index (χ4n) is 0.279. The zero-order chi connectivity index (χ0) is 5.11. The summed E-state index contributed by atoms with van der Waals surface area (Å²) in [6, 6.07) is 1.59. The van der Waals surface area contributed by atoms with Gasteiger partial charge in [0, 0.05) is 6.20 Å². The number of nitrogens with two attached hydrogens (primary N) is 1. The summed E-state index contributed by atoms with van der Waals surface area (Å²) in [6.07, 6.45) is 4.07. The van der Waals surface area contributed by atoms with Gasteiger partial charge in [0.2, 0.25) is 5.95 Å². The Morgan fingerprint density at radius 2 is 2.57 bits per heavy atom. The first-order valence-electron chi connectivity index (χ1n) is 1.84. The molecular formula is C4H4N3. The van der Waals surface area contributed by atoms with Crippen LogP contribution in [0.5, 0.6) is 0 Å². The van der Waals surface area contributed by atoms with E-state index < -0.39 is 0 Å². The molecule has 3 heteroatoms. The molecule has 0 atom stereocenters. The highest BCUT2D eigenvalue weighted by molar-refractivity contribution is 5.10. The van der Waals surface area contributed by atoms with Crippen molar-refractivity contribution in [2.75, 3.05) is 5.73 Å². The van der Waals surface area contributed by atoms with Gasteiger partial charge >= 0.3 is 0 Å². The molecule has 0 aliphatic heterocycles. The van der Waals surface area contributed by atoms with Crippen LogP contribution in [0.2, 0.25) is 0 Å². The van der Waals surface area contributed by atoms with Crippen molar-refractivity contribution in [3.63, 3.8) is 0 Å². The van der Waals surface area contributed by atoms with E-state index >= 15 is 0 Å². The van der Waals surface area contributed by atoms with Crippen LogP contribution in [-0.4, -0.2) is 9.97 Å². The number of anilines is 1. The van der Waals surface area contributed by atoms with Gasteiger partial charge in [-0.2, -0.15) is 0 Å². The van der Waals surface area contributed by atoms with Crippen LogP contribution < -0.4 is 5.73 Å². The minimum absolute atomic E-state index is 0.266. The highest BCUT2D eigenvalue weighted by Crippen LogP contribution is 1.80. The van der Waals surface area contributed by atoms with E-state index in [1.165, 1.54) is 0 Å². The molecule has 1 aromatic heterocycles. The molecule has 3 nitrogen and oxygen atoms in total. The normalized spacial score (nSPS) is 8.57. The Bertz CT molecular complexity index is 137. The molecule has 0 fully saturated rings. The predicted molar refractivity (Wildman–Crippen MR) is 25.3 cm³/mol. The number of hydrogen-bond acceptors (Lipinski definition) is 3. The molecule has 1 radical (unpaired) electrons. The van der Waals surface area contributed by atoms with Crippen molar-refractivity contribution in [3.05, 3.63) is 18.5 Å². The lowest BCUT2D eigenvalue weighted by molar-refractivity contribution is 1.18. The molecule has 0 bridgehead atoms. The van der Waals surface area contributed by atoms with Gasteiger partial charge < -0.3 is 5.73 Å². The van der Waals surface area contributed by atoms with E-state index in [2.05, 4.69) is 16.2 Å². The maximum Gasteiger partial charge on any atom is 0.220 e. The van der Waals surface area contributed by atoms with Crippen LogP contribution >= 0.6 is 0 Å². The summed E-state index contributed by atoms with van der Waals surface area (Å²) < 4.78 is 0. The van der Waals surface area contributed by atoms with Gasteiger partial charge in [-0.05, 0) is 6.07 Å². The first kappa shape index (κ1) is 4.05. The summed E-state index contributed by atoms with van der Waals surface area (Å²) >= 11 is 0. The molecule has 35 valence electrons. The van der Waals surface area contributed by atoms with E-state index in [9.17, 15) is 0 Å². The lowest BCUT2D eigenvalue weighted by Gasteiger charge is -1.81. The van der Waals surface area contributed by atoms with Crippen molar-refractivity contribution in [2.24, 2.45) is 0 Å². The number of rotatable bonds is 0. The fourth-order valence-corrected chi connectivity index (χ4v) is 0.279. The minimum Gasteiger partial charge on any atom is -0.368 e. The zero-order valence-electron chi connectivity index (χ0n) is 3.63. The van der Waals surface area contributed by atoms with Gasteiger partial charge in [0.05, 0.1) is 6.20 Å². The third kappa shape index (κ3) is 0.855. The van der Waals surface area contributed by atoms with Gasteiger partial charge in [-0.3, -0.25) is 0 Å². The summed E-state index contributed by atoms with van der Waals surface area (Å²) in [5, 5.41) is 0. The summed E-state index contributed by atoms with van der Waals surface area (Å²) in [5.74, 6) is 0.266. The third-order valence-corrected chi connectivity index (χ3v) is 0.535. The Morgan fingerprint density at radius 1 is 1.71 bits per heavy atom. The van der Waals surface area contributed by atoms with E-state index in [4.69, 9.17) is 5.73 Å². The van der Waals surface area contributed by atoms with Gasteiger partial charge in [-0.15, -0.1) is 0 Å². The van der Waals surface area contributed by atoms with Crippen molar-refractivity contribution in [3.8, 4) is 0 Å². The Hall–Kier alpha value is -1.12. The second-order valence-corrected chi connectivity index (χ2v) is 1.04. The maximum atomic E-state index is 5.10. The molecule has 7 heavy (non-hydrogen) atoms.